The predicted octanol–water partition coefficient (Wildman–Crippen LogP) is 6.19. The number of carbonyl (C=O) groups excluding carboxylic acids is 1. The molecule has 4 aromatic rings. The number of thiophene rings is 1. The van der Waals surface area contributed by atoms with Gasteiger partial charge in [0.15, 0.2) is 0 Å². The largest absolute Gasteiger partial charge is 0.368 e. The number of alkyl halides is 1. The summed E-state index contributed by atoms with van der Waals surface area (Å²) in [5.74, 6) is -0.0253. The summed E-state index contributed by atoms with van der Waals surface area (Å²) < 4.78 is 0.860. The van der Waals surface area contributed by atoms with Crippen LogP contribution in [-0.4, -0.2) is 15.9 Å². The van der Waals surface area contributed by atoms with E-state index in [1.54, 1.807) is 0 Å². The van der Waals surface area contributed by atoms with Crippen molar-refractivity contribution in [2.75, 3.05) is 5.73 Å². The molecule has 4 rings (SSSR count). The van der Waals surface area contributed by atoms with Crippen LogP contribution in [0.15, 0.2) is 54.6 Å². The number of nitrogens with two attached hydrogens (primary N) is 1. The van der Waals surface area contributed by atoms with Crippen molar-refractivity contribution in [3.8, 4) is 11.3 Å². The SMILES string of the molecule is CC(C)(NC(=O)c1cc2c(-c3ccc(CI)cc3Cl)nc(N)nc2s1)c1ccccc1. The van der Waals surface area contributed by atoms with Gasteiger partial charge in [0.1, 0.15) is 4.83 Å². The lowest BCUT2D eigenvalue weighted by Gasteiger charge is -2.26. The molecule has 2 aromatic heterocycles. The van der Waals surface area contributed by atoms with Crippen LogP contribution in [0.2, 0.25) is 5.02 Å². The number of aromatic nitrogens is 2. The van der Waals surface area contributed by atoms with Gasteiger partial charge in [0.05, 0.1) is 21.1 Å². The molecule has 0 bridgehead atoms. The number of nitrogens with zero attached hydrogens (tertiary/aromatic N) is 2. The van der Waals surface area contributed by atoms with Crippen molar-refractivity contribution in [1.82, 2.24) is 15.3 Å². The van der Waals surface area contributed by atoms with Gasteiger partial charge in [-0.15, -0.1) is 11.3 Å². The molecular weight excluding hydrogens is 543 g/mol. The lowest BCUT2D eigenvalue weighted by Crippen LogP contribution is -2.40. The molecule has 0 saturated heterocycles. The van der Waals surface area contributed by atoms with Crippen LogP contribution < -0.4 is 11.1 Å². The molecular formula is C23H20ClIN4OS. The normalized spacial score (nSPS) is 11.6. The Kier molecular flexibility index (Phi) is 6.18. The van der Waals surface area contributed by atoms with Crippen LogP contribution in [0.1, 0.15) is 34.6 Å². The van der Waals surface area contributed by atoms with Gasteiger partial charge in [-0.05, 0) is 37.1 Å². The van der Waals surface area contributed by atoms with Crippen molar-refractivity contribution in [1.29, 1.82) is 0 Å². The van der Waals surface area contributed by atoms with E-state index in [0.29, 0.717) is 20.4 Å². The summed E-state index contributed by atoms with van der Waals surface area (Å²) in [6.07, 6.45) is 0. The lowest BCUT2D eigenvalue weighted by atomic mass is 9.94. The second-order valence-corrected chi connectivity index (χ2v) is 9.85. The van der Waals surface area contributed by atoms with Gasteiger partial charge in [-0.2, -0.15) is 0 Å². The number of hydrogen-bond acceptors (Lipinski definition) is 5. The lowest BCUT2D eigenvalue weighted by molar-refractivity contribution is 0.0916. The van der Waals surface area contributed by atoms with Gasteiger partial charge in [-0.3, -0.25) is 4.79 Å². The monoisotopic (exact) mass is 562 g/mol. The van der Waals surface area contributed by atoms with E-state index in [0.717, 1.165) is 26.5 Å². The van der Waals surface area contributed by atoms with Gasteiger partial charge >= 0.3 is 0 Å². The van der Waals surface area contributed by atoms with E-state index >= 15 is 0 Å². The van der Waals surface area contributed by atoms with E-state index in [9.17, 15) is 4.79 Å². The summed E-state index contributed by atoms with van der Waals surface area (Å²) in [6.45, 7) is 3.95. The van der Waals surface area contributed by atoms with Crippen molar-refractivity contribution in [3.05, 3.63) is 75.6 Å². The minimum atomic E-state index is -0.527. The second-order valence-electron chi connectivity index (χ2n) is 7.65. The second kappa shape index (κ2) is 8.72. The number of hydrogen-bond donors (Lipinski definition) is 2. The third kappa shape index (κ3) is 4.53. The van der Waals surface area contributed by atoms with Gasteiger partial charge in [0.2, 0.25) is 5.95 Å². The maximum atomic E-state index is 13.1. The van der Waals surface area contributed by atoms with Crippen LogP contribution >= 0.6 is 45.5 Å². The van der Waals surface area contributed by atoms with E-state index in [1.165, 1.54) is 11.3 Å². The Morgan fingerprint density at radius 1 is 1.16 bits per heavy atom. The zero-order valence-electron chi connectivity index (χ0n) is 16.9. The number of anilines is 1. The third-order valence-corrected chi connectivity index (χ3v) is 7.22. The van der Waals surface area contributed by atoms with E-state index in [-0.39, 0.29) is 11.9 Å². The number of carbonyl (C=O) groups is 1. The fourth-order valence-corrected chi connectivity index (χ4v) is 5.06. The van der Waals surface area contributed by atoms with Crippen LogP contribution in [0, 0.1) is 0 Å². The van der Waals surface area contributed by atoms with Crippen molar-refractivity contribution >= 4 is 67.6 Å². The van der Waals surface area contributed by atoms with Crippen molar-refractivity contribution in [2.45, 2.75) is 23.8 Å². The Labute approximate surface area is 203 Å². The van der Waals surface area contributed by atoms with Crippen molar-refractivity contribution in [2.24, 2.45) is 0 Å². The first-order valence-corrected chi connectivity index (χ1v) is 12.3. The topological polar surface area (TPSA) is 80.9 Å². The molecule has 2 aromatic carbocycles. The highest BCUT2D eigenvalue weighted by molar-refractivity contribution is 14.1. The standard InChI is InChI=1S/C23H20ClIN4OS/c1-23(2,14-6-4-3-5-7-14)29-20(30)18-11-16-19(27-22(26)28-21(16)31-18)15-9-8-13(12-25)10-17(15)24/h3-11H,12H2,1-2H3,(H,29,30)(H2,26,27,28). The van der Waals surface area contributed by atoms with Gasteiger partial charge in [-0.25, -0.2) is 9.97 Å². The summed E-state index contributed by atoms with van der Waals surface area (Å²) in [5.41, 5.74) is 8.99. The molecule has 0 aliphatic heterocycles. The molecule has 0 fully saturated rings. The van der Waals surface area contributed by atoms with Crippen LogP contribution in [0.4, 0.5) is 5.95 Å². The number of halogens is 2. The Hall–Kier alpha value is -2.23. The number of rotatable bonds is 5. The number of amides is 1. The van der Waals surface area contributed by atoms with E-state index in [2.05, 4.69) is 37.9 Å². The van der Waals surface area contributed by atoms with Gasteiger partial charge in [-0.1, -0.05) is 76.7 Å². The fraction of sp³-hybridized carbons (Fsp3) is 0.174. The molecule has 5 nitrogen and oxygen atoms in total. The molecule has 31 heavy (non-hydrogen) atoms. The summed E-state index contributed by atoms with van der Waals surface area (Å²) in [6, 6.07) is 17.6. The first-order valence-electron chi connectivity index (χ1n) is 9.58. The smallest absolute Gasteiger partial charge is 0.262 e. The molecule has 8 heteroatoms. The maximum absolute atomic E-state index is 13.1. The van der Waals surface area contributed by atoms with E-state index in [4.69, 9.17) is 17.3 Å². The molecule has 1 amide bonds. The Morgan fingerprint density at radius 3 is 2.58 bits per heavy atom. The predicted molar refractivity (Wildman–Crippen MR) is 137 cm³/mol. The van der Waals surface area contributed by atoms with Crippen LogP contribution in [0.3, 0.4) is 0 Å². The number of nitrogens with one attached hydrogen (secondary N) is 1. The summed E-state index contributed by atoms with van der Waals surface area (Å²) in [4.78, 5) is 23.1. The van der Waals surface area contributed by atoms with Crippen molar-refractivity contribution < 1.29 is 4.79 Å². The first-order chi connectivity index (χ1) is 14.8. The Bertz CT molecular complexity index is 1270. The summed E-state index contributed by atoms with van der Waals surface area (Å²) >= 11 is 10.1. The first kappa shape index (κ1) is 22.0. The van der Waals surface area contributed by atoms with Gasteiger partial charge in [0.25, 0.3) is 5.91 Å². The molecule has 0 unspecified atom stereocenters. The van der Waals surface area contributed by atoms with Crippen LogP contribution in [0.25, 0.3) is 21.5 Å². The minimum absolute atomic E-state index is 0.148. The number of fused-ring (bicyclic) bond motifs is 1. The van der Waals surface area contributed by atoms with Crippen LogP contribution in [0.5, 0.6) is 0 Å². The molecule has 0 saturated carbocycles. The maximum Gasteiger partial charge on any atom is 0.262 e. The molecule has 3 N–H and O–H groups in total. The summed E-state index contributed by atoms with van der Waals surface area (Å²) in [5, 5.41) is 4.46. The minimum Gasteiger partial charge on any atom is -0.368 e. The average Bonchev–Trinajstić information content (AvgIpc) is 3.17. The molecule has 2 heterocycles. The van der Waals surface area contributed by atoms with Crippen LogP contribution in [-0.2, 0) is 9.97 Å². The molecule has 0 atom stereocenters. The zero-order valence-corrected chi connectivity index (χ0v) is 20.7. The quantitative estimate of drug-likeness (QED) is 0.224. The highest BCUT2D eigenvalue weighted by Crippen LogP contribution is 2.36. The fourth-order valence-electron chi connectivity index (χ4n) is 3.36. The highest BCUT2D eigenvalue weighted by atomic mass is 127. The molecule has 158 valence electrons. The van der Waals surface area contributed by atoms with Gasteiger partial charge in [0, 0.05) is 15.4 Å². The zero-order chi connectivity index (χ0) is 22.2. The molecule has 0 aliphatic carbocycles. The molecule has 0 aliphatic rings. The van der Waals surface area contributed by atoms with E-state index < -0.39 is 5.54 Å². The number of benzene rings is 2. The third-order valence-electron chi connectivity index (χ3n) is 5.00. The van der Waals surface area contributed by atoms with Crippen molar-refractivity contribution in [3.63, 3.8) is 0 Å². The Balaban J connectivity index is 1.73. The average molecular weight is 563 g/mol. The highest BCUT2D eigenvalue weighted by Gasteiger charge is 2.25. The number of nitrogen functional groups attached to an aromatic ring is 1. The van der Waals surface area contributed by atoms with E-state index in [1.807, 2.05) is 68.4 Å². The van der Waals surface area contributed by atoms with Gasteiger partial charge < -0.3 is 11.1 Å². The summed E-state index contributed by atoms with van der Waals surface area (Å²) in [7, 11) is 0. The molecule has 0 spiro atoms. The Morgan fingerprint density at radius 2 is 1.90 bits per heavy atom. The molecule has 0 radical (unpaired) electrons.